The molecule has 2 heterocycles. The molecule has 2 aliphatic heterocycles. The Morgan fingerprint density at radius 2 is 0.640 bits per heavy atom. The fourth-order valence-corrected chi connectivity index (χ4v) is 19.3. The van der Waals surface area contributed by atoms with E-state index in [1.165, 1.54) is 28.3 Å². The first-order valence-corrected chi connectivity index (χ1v) is 59.0. The molecule has 664 valence electrons. The molecule has 4 N–H and O–H groups in total. The first-order chi connectivity index (χ1) is 51.5. The molecule has 2 aromatic carbocycles. The smallest absolute Gasteiger partial charge is 0.248 e. The average Bonchev–Trinajstić information content (AvgIpc) is 1.57. The normalized spacial score (nSPS) is 21.7. The lowest BCUT2D eigenvalue weighted by Gasteiger charge is -2.47. The van der Waals surface area contributed by atoms with Gasteiger partial charge in [0.15, 0.2) is 49.9 Å². The van der Waals surface area contributed by atoms with Gasteiger partial charge in [-0.1, -0.05) is 163 Å². The molecule has 0 aliphatic carbocycles. The van der Waals surface area contributed by atoms with Crippen molar-refractivity contribution < 1.29 is 94.7 Å². The molecule has 22 nitrogen and oxygen atoms in total. The Labute approximate surface area is 698 Å². The number of hydrogen-bond acceptors (Lipinski definition) is 20. The van der Waals surface area contributed by atoms with Gasteiger partial charge in [0.25, 0.3) is 0 Å². The van der Waals surface area contributed by atoms with E-state index in [4.69, 9.17) is 64.7 Å². The van der Waals surface area contributed by atoms with Crippen LogP contribution in [0.1, 0.15) is 176 Å². The zero-order valence-corrected chi connectivity index (χ0v) is 85.0. The molecule has 16 atom stereocenters. The second-order valence-corrected chi connectivity index (χ2v) is 71.1. The molecule has 2 amide bonds. The van der Waals surface area contributed by atoms with Gasteiger partial charge in [-0.15, -0.1) is 0 Å². The van der Waals surface area contributed by atoms with Crippen LogP contribution in [0.15, 0.2) is 48.5 Å². The van der Waals surface area contributed by atoms with Gasteiger partial charge in [-0.3, -0.25) is 19.3 Å². The maximum absolute atomic E-state index is 13.2. The van der Waals surface area contributed by atoms with E-state index in [0.717, 1.165) is 32.8 Å². The molecule has 0 bridgehead atoms. The number of epoxide rings is 2. The molecule has 114 heavy (non-hydrogen) atoms. The van der Waals surface area contributed by atoms with Crippen molar-refractivity contribution in [1.82, 2.24) is 10.1 Å². The SMILES string of the molecule is COc1ccc(COC[C@H](C)[C@H]2O[C@]2(C)[C@@H](O[Si](C)(C)C(C)(C)C)[C@@H](CO[Si](C)(C)C(C)(C)C)[C@@H](O)[C@@H](CO[Si](C)(C)C(C)(C)C)[C@@H](O)CC(=O)N(C)OC)cc1.COc1ccc(COC[C@H](C)[C@H]2O[C@]2(C)[C@@H](O[Si](C)(C)C(C)(C)C)[C@@H](CO[Si](C)(C)C(C)(C)C)[C@@H](O)[C@@H](CO[Si](C)(C)C(C)(C)C)[C@H](O)CC(=O)N(C)OC)cc1. The monoisotopic (exact) mass is 1720 g/mol. The summed E-state index contributed by atoms with van der Waals surface area (Å²) in [5, 5.41) is 51.3. The van der Waals surface area contributed by atoms with Crippen LogP contribution >= 0.6 is 0 Å². The van der Waals surface area contributed by atoms with Gasteiger partial charge in [0.05, 0.1) is 117 Å². The Kier molecular flexibility index (Phi) is 38.3. The maximum Gasteiger partial charge on any atom is 0.248 e. The number of carbonyl (C=O) groups excluding carboxylic acids is 2. The van der Waals surface area contributed by atoms with E-state index < -0.39 is 133 Å². The number of methoxy groups -OCH3 is 2. The lowest BCUT2D eigenvalue weighted by molar-refractivity contribution is -0.173. The minimum absolute atomic E-state index is 0.00312. The predicted octanol–water partition coefficient (Wildman–Crippen LogP) is 17.6. The Morgan fingerprint density at radius 3 is 0.860 bits per heavy atom. The van der Waals surface area contributed by atoms with Gasteiger partial charge in [0.2, 0.25) is 11.8 Å². The average molecular weight is 1720 g/mol. The number of rotatable bonds is 44. The molecule has 2 fully saturated rings. The molecule has 28 heteroatoms. The van der Waals surface area contributed by atoms with Gasteiger partial charge in [0, 0.05) is 76.0 Å². The van der Waals surface area contributed by atoms with Crippen molar-refractivity contribution in [3.63, 3.8) is 0 Å². The van der Waals surface area contributed by atoms with E-state index in [2.05, 4.69) is 231 Å². The van der Waals surface area contributed by atoms with Crippen molar-refractivity contribution >= 4 is 61.7 Å². The van der Waals surface area contributed by atoms with Crippen molar-refractivity contribution in [3.05, 3.63) is 59.7 Å². The highest BCUT2D eigenvalue weighted by atomic mass is 28.4. The van der Waals surface area contributed by atoms with Crippen LogP contribution in [0.5, 0.6) is 11.5 Å². The number of hydrogen-bond donors (Lipinski definition) is 4. The molecule has 2 aromatic rings. The maximum atomic E-state index is 13.2. The summed E-state index contributed by atoms with van der Waals surface area (Å²) in [6.07, 6.45) is -7.06. The largest absolute Gasteiger partial charge is 0.497 e. The second kappa shape index (κ2) is 41.2. The molecule has 0 aromatic heterocycles. The zero-order chi connectivity index (χ0) is 88.3. The molecular weight excluding hydrogens is 1550 g/mol. The minimum atomic E-state index is -2.52. The third-order valence-corrected chi connectivity index (χ3v) is 54.2. The standard InChI is InChI=1S/2C43H83NO10Si3/c2*1-30(26-50-27-31-21-23-32(48-13)24-22-31)38-43(11,53-38)39(54-57(19,20)42(8,9)10)34(29-52-56(17,18)41(5,6)7)37(47)33(28-51-55(15,16)40(2,3)4)35(45)25-36(46)44(12)49-14/h2*21-24,30,33-35,37-39,45,47H,25-29H2,1-20H3/t30-,33-,34-,35+,37-,38+,39-,43-;30-,33-,34-,35-,37-,38+,39-,43-/m00/s1. The van der Waals surface area contributed by atoms with Gasteiger partial charge in [0.1, 0.15) is 22.7 Å². The summed E-state index contributed by atoms with van der Waals surface area (Å²) in [5.41, 5.74) is 0.491. The van der Waals surface area contributed by atoms with E-state index >= 15 is 0 Å². The van der Waals surface area contributed by atoms with Crippen LogP contribution in [0.4, 0.5) is 0 Å². The summed E-state index contributed by atoms with van der Waals surface area (Å²) in [4.78, 5) is 36.7. The summed E-state index contributed by atoms with van der Waals surface area (Å²) in [7, 11) is -5.32. The van der Waals surface area contributed by atoms with Crippen LogP contribution in [0.2, 0.25) is 109 Å². The van der Waals surface area contributed by atoms with E-state index in [9.17, 15) is 30.0 Å². The van der Waals surface area contributed by atoms with Crippen LogP contribution in [0.3, 0.4) is 0 Å². The van der Waals surface area contributed by atoms with Crippen molar-refractivity contribution in [3.8, 4) is 11.5 Å². The lowest BCUT2D eigenvalue weighted by Crippen LogP contribution is -2.58. The van der Waals surface area contributed by atoms with Crippen molar-refractivity contribution in [1.29, 1.82) is 0 Å². The summed E-state index contributed by atoms with van der Waals surface area (Å²) in [5.74, 6) is -2.19. The van der Waals surface area contributed by atoms with E-state index in [0.29, 0.717) is 26.4 Å². The number of carbonyl (C=O) groups is 2. The molecular formula is C86H166N2O20Si6. The topological polar surface area (TPSA) is 257 Å². The number of benzene rings is 2. The quantitative estimate of drug-likeness (QED) is 0.0273. The van der Waals surface area contributed by atoms with Crippen molar-refractivity contribution in [2.24, 2.45) is 35.5 Å². The number of aliphatic hydroxyl groups is 4. The van der Waals surface area contributed by atoms with Crippen LogP contribution in [-0.4, -0.2) is 234 Å². The van der Waals surface area contributed by atoms with Crippen molar-refractivity contribution in [2.45, 2.75) is 347 Å². The number of aliphatic hydroxyl groups excluding tert-OH is 4. The summed E-state index contributed by atoms with van der Waals surface area (Å²) < 4.78 is 78.9. The van der Waals surface area contributed by atoms with Gasteiger partial charge < -0.3 is 75.4 Å². The molecule has 4 rings (SSSR count). The van der Waals surface area contributed by atoms with Crippen LogP contribution < -0.4 is 9.47 Å². The molecule has 2 saturated heterocycles. The Balaban J connectivity index is 0.000000590. The van der Waals surface area contributed by atoms with Gasteiger partial charge in [-0.25, -0.2) is 10.1 Å². The summed E-state index contributed by atoms with van der Waals surface area (Å²) >= 11 is 0. The zero-order valence-electron chi connectivity index (χ0n) is 79.0. The highest BCUT2D eigenvalue weighted by Crippen LogP contribution is 2.55. The minimum Gasteiger partial charge on any atom is -0.497 e. The number of amides is 2. The van der Waals surface area contributed by atoms with Crippen molar-refractivity contribution in [2.75, 3.05) is 82.2 Å². The number of nitrogens with zero attached hydrogens (tertiary/aromatic N) is 2. The van der Waals surface area contributed by atoms with Crippen LogP contribution in [0, 0.1) is 35.5 Å². The summed E-state index contributed by atoms with van der Waals surface area (Å²) in [6, 6.07) is 15.7. The van der Waals surface area contributed by atoms with Gasteiger partial charge in [-0.2, -0.15) is 0 Å². The second-order valence-electron chi connectivity index (χ2n) is 42.3. The molecule has 0 saturated carbocycles. The number of ether oxygens (including phenoxy) is 6. The van der Waals surface area contributed by atoms with Gasteiger partial charge >= 0.3 is 0 Å². The fourth-order valence-electron chi connectivity index (χ4n) is 12.3. The van der Waals surface area contributed by atoms with Crippen LogP contribution in [0.25, 0.3) is 0 Å². The Bertz CT molecular complexity index is 3020. The molecule has 0 spiro atoms. The van der Waals surface area contributed by atoms with E-state index in [-0.39, 0.29) is 93.5 Å². The summed E-state index contributed by atoms with van der Waals surface area (Å²) in [6.45, 7) is 76.3. The first kappa shape index (κ1) is 106. The molecule has 0 radical (unpaired) electrons. The lowest BCUT2D eigenvalue weighted by atomic mass is 9.78. The van der Waals surface area contributed by atoms with E-state index in [1.54, 1.807) is 14.2 Å². The molecule has 0 unspecified atom stereocenters. The highest BCUT2D eigenvalue weighted by Gasteiger charge is 2.67. The Hall–Kier alpha value is -2.36. The highest BCUT2D eigenvalue weighted by molar-refractivity contribution is 6.76. The third kappa shape index (κ3) is 28.9. The Morgan fingerprint density at radius 1 is 0.404 bits per heavy atom. The number of hydroxylamine groups is 4. The fraction of sp³-hybridized carbons (Fsp3) is 0.837. The van der Waals surface area contributed by atoms with Gasteiger partial charge in [-0.05, 0) is 158 Å². The van der Waals surface area contributed by atoms with E-state index in [1.807, 2.05) is 48.5 Å². The third-order valence-electron chi connectivity index (χ3n) is 27.3. The predicted molar refractivity (Wildman–Crippen MR) is 474 cm³/mol. The first-order valence-electron chi connectivity index (χ1n) is 41.5. The van der Waals surface area contributed by atoms with Crippen LogP contribution in [-0.2, 0) is 78.0 Å². The molecule has 2 aliphatic rings.